The molecule has 0 spiro atoms. The molecule has 1 aliphatic heterocycles. The number of fused-ring (bicyclic) bond motifs is 1. The Morgan fingerprint density at radius 2 is 1.92 bits per heavy atom. The minimum atomic E-state index is -0.837. The smallest absolute Gasteiger partial charge is 0.351 e. The van der Waals surface area contributed by atoms with Gasteiger partial charge in [-0.3, -0.25) is 4.79 Å². The molecular weight excluding hydrogens is 336 g/mol. The molecule has 0 saturated carbocycles. The summed E-state index contributed by atoms with van der Waals surface area (Å²) in [6, 6.07) is 12.2. The van der Waals surface area contributed by atoms with Gasteiger partial charge in [-0.25, -0.2) is 4.79 Å². The monoisotopic (exact) mass is 356 g/mol. The van der Waals surface area contributed by atoms with Crippen LogP contribution in [0.2, 0.25) is 0 Å². The largest absolute Gasteiger partial charge is 0.493 e. The summed E-state index contributed by atoms with van der Waals surface area (Å²) in [4.78, 5) is 23.9. The maximum absolute atomic E-state index is 12.3. The lowest BCUT2D eigenvalue weighted by Crippen LogP contribution is -2.37. The zero-order valence-electron chi connectivity index (χ0n) is 14.7. The first-order valence-electron chi connectivity index (χ1n) is 8.40. The number of ether oxygens (including phenoxy) is 4. The molecular formula is C20H20O6. The van der Waals surface area contributed by atoms with Gasteiger partial charge in [-0.15, -0.1) is 0 Å². The molecule has 0 aromatic heterocycles. The maximum Gasteiger partial charge on any atom is 0.351 e. The fraction of sp³-hybridized carbons (Fsp3) is 0.300. The van der Waals surface area contributed by atoms with Crippen LogP contribution in [0.15, 0.2) is 42.5 Å². The number of benzene rings is 2. The lowest BCUT2D eigenvalue weighted by molar-refractivity contribution is -0.155. The lowest BCUT2D eigenvalue weighted by atomic mass is 10.1. The Balaban J connectivity index is 1.68. The standard InChI is InChI=1S/C20H20O6/c1-3-23-16-9-8-14(13(2)21)10-15(16)11-25-20(22)19-12-24-17-6-4-5-7-18(17)26-19/h4-10,19H,3,11-12H2,1-2H3/t19-/m1/s1. The number of rotatable bonds is 6. The molecule has 0 bridgehead atoms. The van der Waals surface area contributed by atoms with Crippen LogP contribution in [0.3, 0.4) is 0 Å². The summed E-state index contributed by atoms with van der Waals surface area (Å²) in [5.41, 5.74) is 1.16. The van der Waals surface area contributed by atoms with Crippen molar-refractivity contribution in [2.24, 2.45) is 0 Å². The van der Waals surface area contributed by atoms with Crippen LogP contribution in [0.4, 0.5) is 0 Å². The van der Waals surface area contributed by atoms with Crippen molar-refractivity contribution in [2.45, 2.75) is 26.6 Å². The molecule has 6 heteroatoms. The second-order valence-electron chi connectivity index (χ2n) is 5.78. The molecule has 3 rings (SSSR count). The van der Waals surface area contributed by atoms with Crippen molar-refractivity contribution in [2.75, 3.05) is 13.2 Å². The van der Waals surface area contributed by atoms with E-state index in [9.17, 15) is 9.59 Å². The molecule has 0 aliphatic carbocycles. The van der Waals surface area contributed by atoms with E-state index in [1.807, 2.05) is 13.0 Å². The summed E-state index contributed by atoms with van der Waals surface area (Å²) in [7, 11) is 0. The molecule has 0 saturated heterocycles. The summed E-state index contributed by atoms with van der Waals surface area (Å²) in [5, 5.41) is 0. The Bertz CT molecular complexity index is 814. The highest BCUT2D eigenvalue weighted by Crippen LogP contribution is 2.31. The van der Waals surface area contributed by atoms with Gasteiger partial charge in [0.25, 0.3) is 0 Å². The van der Waals surface area contributed by atoms with Crippen LogP contribution in [-0.4, -0.2) is 31.1 Å². The van der Waals surface area contributed by atoms with Crippen LogP contribution < -0.4 is 14.2 Å². The van der Waals surface area contributed by atoms with Crippen molar-refractivity contribution >= 4 is 11.8 Å². The summed E-state index contributed by atoms with van der Waals surface area (Å²) in [6.07, 6.45) is -0.837. The predicted octanol–water partition coefficient (Wildman–Crippen LogP) is 3.17. The number of para-hydroxylation sites is 2. The molecule has 6 nitrogen and oxygen atoms in total. The molecule has 0 unspecified atom stereocenters. The number of Topliss-reactive ketones (excluding diaryl/α,β-unsaturated/α-hetero) is 1. The number of carbonyl (C=O) groups excluding carboxylic acids is 2. The van der Waals surface area contributed by atoms with Gasteiger partial charge < -0.3 is 18.9 Å². The van der Waals surface area contributed by atoms with E-state index in [1.165, 1.54) is 6.92 Å². The summed E-state index contributed by atoms with van der Waals surface area (Å²) < 4.78 is 22.1. The number of hydrogen-bond acceptors (Lipinski definition) is 6. The zero-order valence-corrected chi connectivity index (χ0v) is 14.7. The van der Waals surface area contributed by atoms with Crippen molar-refractivity contribution in [3.63, 3.8) is 0 Å². The SMILES string of the molecule is CCOc1ccc(C(C)=O)cc1COC(=O)[C@H]1COc2ccccc2O1. The lowest BCUT2D eigenvalue weighted by Gasteiger charge is -2.25. The highest BCUT2D eigenvalue weighted by molar-refractivity contribution is 5.94. The minimum Gasteiger partial charge on any atom is -0.493 e. The van der Waals surface area contributed by atoms with Gasteiger partial charge >= 0.3 is 5.97 Å². The normalized spacial score (nSPS) is 15.2. The average molecular weight is 356 g/mol. The maximum atomic E-state index is 12.3. The van der Waals surface area contributed by atoms with Crippen molar-refractivity contribution in [1.29, 1.82) is 0 Å². The number of esters is 1. The van der Waals surface area contributed by atoms with E-state index in [0.717, 1.165) is 0 Å². The molecule has 136 valence electrons. The van der Waals surface area contributed by atoms with Crippen LogP contribution in [0.5, 0.6) is 17.2 Å². The van der Waals surface area contributed by atoms with Gasteiger partial charge in [-0.1, -0.05) is 12.1 Å². The van der Waals surface area contributed by atoms with E-state index in [-0.39, 0.29) is 19.0 Å². The Kier molecular flexibility index (Phi) is 5.41. The molecule has 0 amide bonds. The molecule has 26 heavy (non-hydrogen) atoms. The third-order valence-corrected chi connectivity index (χ3v) is 3.91. The molecule has 0 radical (unpaired) electrons. The van der Waals surface area contributed by atoms with Crippen molar-refractivity contribution in [3.05, 3.63) is 53.6 Å². The van der Waals surface area contributed by atoms with Crippen LogP contribution in [0, 0.1) is 0 Å². The second-order valence-corrected chi connectivity index (χ2v) is 5.78. The Labute approximate surface area is 151 Å². The Hall–Kier alpha value is -3.02. The summed E-state index contributed by atoms with van der Waals surface area (Å²) in [5.74, 6) is 1.09. The van der Waals surface area contributed by atoms with E-state index in [1.54, 1.807) is 36.4 Å². The molecule has 2 aromatic carbocycles. The first-order valence-corrected chi connectivity index (χ1v) is 8.40. The molecule has 2 aromatic rings. The topological polar surface area (TPSA) is 71.1 Å². The molecule has 1 heterocycles. The highest BCUT2D eigenvalue weighted by atomic mass is 16.6. The van der Waals surface area contributed by atoms with Gasteiger partial charge in [0.2, 0.25) is 6.10 Å². The Morgan fingerprint density at radius 3 is 2.65 bits per heavy atom. The average Bonchev–Trinajstić information content (AvgIpc) is 2.66. The predicted molar refractivity (Wildman–Crippen MR) is 93.8 cm³/mol. The van der Waals surface area contributed by atoms with Crippen LogP contribution >= 0.6 is 0 Å². The minimum absolute atomic E-state index is 0.0171. The number of hydrogen-bond donors (Lipinski definition) is 0. The fourth-order valence-corrected chi connectivity index (χ4v) is 2.59. The number of carbonyl (C=O) groups is 2. The number of ketones is 1. The van der Waals surface area contributed by atoms with Crippen molar-refractivity contribution in [3.8, 4) is 17.2 Å². The van der Waals surface area contributed by atoms with Gasteiger partial charge in [0.15, 0.2) is 17.3 Å². The van der Waals surface area contributed by atoms with Crippen molar-refractivity contribution in [1.82, 2.24) is 0 Å². The molecule has 1 atom stereocenters. The first kappa shape index (κ1) is 17.8. The zero-order chi connectivity index (χ0) is 18.5. The van der Waals surface area contributed by atoms with E-state index < -0.39 is 12.1 Å². The second kappa shape index (κ2) is 7.91. The van der Waals surface area contributed by atoms with Gasteiger partial charge in [0.1, 0.15) is 19.0 Å². The molecule has 1 aliphatic rings. The third-order valence-electron chi connectivity index (χ3n) is 3.91. The fourth-order valence-electron chi connectivity index (χ4n) is 2.59. The van der Waals surface area contributed by atoms with Crippen LogP contribution in [-0.2, 0) is 16.1 Å². The third kappa shape index (κ3) is 3.96. The van der Waals surface area contributed by atoms with Gasteiger partial charge in [-0.2, -0.15) is 0 Å². The van der Waals surface area contributed by atoms with Gasteiger partial charge in [-0.05, 0) is 44.2 Å². The van der Waals surface area contributed by atoms with E-state index in [0.29, 0.717) is 35.0 Å². The van der Waals surface area contributed by atoms with E-state index in [2.05, 4.69) is 0 Å². The Morgan fingerprint density at radius 1 is 1.15 bits per heavy atom. The van der Waals surface area contributed by atoms with Gasteiger partial charge in [0.05, 0.1) is 6.61 Å². The summed E-state index contributed by atoms with van der Waals surface area (Å²) in [6.45, 7) is 3.88. The quantitative estimate of drug-likeness (QED) is 0.585. The van der Waals surface area contributed by atoms with E-state index >= 15 is 0 Å². The van der Waals surface area contributed by atoms with Crippen LogP contribution in [0.25, 0.3) is 0 Å². The van der Waals surface area contributed by atoms with E-state index in [4.69, 9.17) is 18.9 Å². The van der Waals surface area contributed by atoms with Gasteiger partial charge in [0, 0.05) is 11.1 Å². The van der Waals surface area contributed by atoms with Crippen molar-refractivity contribution < 1.29 is 28.5 Å². The first-order chi connectivity index (χ1) is 12.6. The molecule has 0 fully saturated rings. The summed E-state index contributed by atoms with van der Waals surface area (Å²) >= 11 is 0. The molecule has 0 N–H and O–H groups in total. The highest BCUT2D eigenvalue weighted by Gasteiger charge is 2.28. The van der Waals surface area contributed by atoms with Crippen LogP contribution in [0.1, 0.15) is 29.8 Å².